The number of hydrogen-bond donors (Lipinski definition) is 1. The molecule has 94 valence electrons. The average molecular weight is 264 g/mol. The van der Waals surface area contributed by atoms with Gasteiger partial charge in [-0.3, -0.25) is 4.18 Å². The van der Waals surface area contributed by atoms with Gasteiger partial charge in [-0.1, -0.05) is 0 Å². The Labute approximate surface area is 96.7 Å². The second kappa shape index (κ2) is 5.11. The molecule has 0 saturated heterocycles. The molecule has 0 heterocycles. The molecule has 0 aliphatic rings. The molecule has 1 N–H and O–H groups in total. The zero-order valence-electron chi connectivity index (χ0n) is 8.71. The van der Waals surface area contributed by atoms with E-state index in [9.17, 15) is 17.6 Å². The monoisotopic (exact) mass is 264 g/mol. The fraction of sp³-hybridized carbons (Fsp3) is 0.222. The summed E-state index contributed by atoms with van der Waals surface area (Å²) in [6, 6.07) is 2.80. The Balaban J connectivity index is 3.13. The molecule has 0 radical (unpaired) electrons. The topological polar surface area (TPSA) is 89.9 Å². The van der Waals surface area contributed by atoms with E-state index in [0.717, 1.165) is 12.1 Å². The first-order valence-electron chi connectivity index (χ1n) is 4.31. The first kappa shape index (κ1) is 13.4. The molecule has 17 heavy (non-hydrogen) atoms. The lowest BCUT2D eigenvalue weighted by Crippen LogP contribution is -2.14. The number of methoxy groups -OCH3 is 1. The third-order valence-electron chi connectivity index (χ3n) is 1.73. The molecule has 0 aliphatic carbocycles. The van der Waals surface area contributed by atoms with Crippen LogP contribution in [0.5, 0.6) is 5.75 Å². The van der Waals surface area contributed by atoms with E-state index >= 15 is 0 Å². The van der Waals surface area contributed by atoms with Gasteiger partial charge in [0.25, 0.3) is 0 Å². The van der Waals surface area contributed by atoms with Crippen LogP contribution in [0.2, 0.25) is 0 Å². The Morgan fingerprint density at radius 2 is 2.12 bits per heavy atom. The summed E-state index contributed by atoms with van der Waals surface area (Å²) in [6.07, 6.45) is 0. The van der Waals surface area contributed by atoms with Crippen molar-refractivity contribution in [2.75, 3.05) is 13.7 Å². The molecule has 1 rings (SSSR count). The predicted octanol–water partition coefficient (Wildman–Crippen LogP) is 0.624. The van der Waals surface area contributed by atoms with E-state index in [2.05, 4.69) is 4.18 Å². The largest absolute Gasteiger partial charge is 0.495 e. The van der Waals surface area contributed by atoms with Crippen LogP contribution in [0.25, 0.3) is 0 Å². The lowest BCUT2D eigenvalue weighted by molar-refractivity contribution is -0.139. The third kappa shape index (κ3) is 3.40. The van der Waals surface area contributed by atoms with Gasteiger partial charge in [-0.05, 0) is 18.2 Å². The van der Waals surface area contributed by atoms with Crippen LogP contribution in [0.15, 0.2) is 23.1 Å². The van der Waals surface area contributed by atoms with Crippen molar-refractivity contribution in [3.63, 3.8) is 0 Å². The van der Waals surface area contributed by atoms with E-state index in [1.54, 1.807) is 0 Å². The van der Waals surface area contributed by atoms with Crippen LogP contribution in [0.3, 0.4) is 0 Å². The summed E-state index contributed by atoms with van der Waals surface area (Å²) in [5.41, 5.74) is 0. The maximum atomic E-state index is 12.9. The molecule has 6 nitrogen and oxygen atoms in total. The lowest BCUT2D eigenvalue weighted by atomic mass is 10.3. The molecule has 1 aromatic carbocycles. The maximum absolute atomic E-state index is 12.9. The van der Waals surface area contributed by atoms with Gasteiger partial charge in [0.15, 0.2) is 6.61 Å². The number of halogens is 1. The number of hydrogen-bond acceptors (Lipinski definition) is 5. The highest BCUT2D eigenvalue weighted by molar-refractivity contribution is 7.86. The second-order valence-electron chi connectivity index (χ2n) is 2.91. The number of carboxylic acid groups (broad SMARTS) is 1. The van der Waals surface area contributed by atoms with Crippen molar-refractivity contribution in [2.24, 2.45) is 0 Å². The van der Waals surface area contributed by atoms with Crippen LogP contribution in [-0.4, -0.2) is 33.2 Å². The molecule has 0 aliphatic heterocycles. The predicted molar refractivity (Wildman–Crippen MR) is 53.7 cm³/mol. The molecule has 8 heteroatoms. The molecule has 0 spiro atoms. The van der Waals surface area contributed by atoms with Gasteiger partial charge in [-0.2, -0.15) is 8.42 Å². The van der Waals surface area contributed by atoms with E-state index in [0.29, 0.717) is 6.07 Å². The van der Waals surface area contributed by atoms with Crippen LogP contribution in [0, 0.1) is 5.82 Å². The number of ether oxygens (including phenoxy) is 1. The van der Waals surface area contributed by atoms with Crippen molar-refractivity contribution in [1.82, 2.24) is 0 Å². The number of benzene rings is 1. The first-order valence-corrected chi connectivity index (χ1v) is 5.72. The van der Waals surface area contributed by atoms with E-state index in [1.165, 1.54) is 7.11 Å². The summed E-state index contributed by atoms with van der Waals surface area (Å²) in [6.45, 7) is -1.04. The molecule has 0 aromatic heterocycles. The summed E-state index contributed by atoms with van der Waals surface area (Å²) < 4.78 is 44.9. The molecular weight excluding hydrogens is 255 g/mol. The maximum Gasteiger partial charge on any atom is 0.331 e. The van der Waals surface area contributed by atoms with E-state index < -0.39 is 33.4 Å². The Hall–Kier alpha value is -1.67. The van der Waals surface area contributed by atoms with Gasteiger partial charge in [0.1, 0.15) is 16.5 Å². The van der Waals surface area contributed by atoms with Crippen LogP contribution < -0.4 is 4.74 Å². The molecule has 1 aromatic rings. The Kier molecular flexibility index (Phi) is 4.02. The summed E-state index contributed by atoms with van der Waals surface area (Å²) in [5.74, 6) is -2.39. The van der Waals surface area contributed by atoms with E-state index in [4.69, 9.17) is 9.84 Å². The molecule has 0 bridgehead atoms. The van der Waals surface area contributed by atoms with Gasteiger partial charge in [0, 0.05) is 0 Å². The highest BCUT2D eigenvalue weighted by Crippen LogP contribution is 2.25. The molecule has 0 atom stereocenters. The molecule has 0 unspecified atom stereocenters. The van der Waals surface area contributed by atoms with E-state index in [1.807, 2.05) is 0 Å². The van der Waals surface area contributed by atoms with Crippen molar-refractivity contribution in [2.45, 2.75) is 4.90 Å². The number of carboxylic acids is 1. The zero-order chi connectivity index (χ0) is 13.1. The number of aliphatic carboxylic acids is 1. The van der Waals surface area contributed by atoms with Crippen LogP contribution in [-0.2, 0) is 19.1 Å². The number of rotatable bonds is 5. The summed E-state index contributed by atoms with van der Waals surface area (Å²) in [5, 5.41) is 8.31. The summed E-state index contributed by atoms with van der Waals surface area (Å²) in [7, 11) is -3.17. The molecule has 0 amide bonds. The number of carbonyl (C=O) groups is 1. The smallest absolute Gasteiger partial charge is 0.331 e. The Morgan fingerprint density at radius 3 is 2.65 bits per heavy atom. The highest BCUT2D eigenvalue weighted by atomic mass is 32.2. The lowest BCUT2D eigenvalue weighted by Gasteiger charge is -2.08. The van der Waals surface area contributed by atoms with Gasteiger partial charge >= 0.3 is 16.1 Å². The van der Waals surface area contributed by atoms with Gasteiger partial charge in [0.05, 0.1) is 7.11 Å². The fourth-order valence-corrected chi connectivity index (χ4v) is 2.08. The van der Waals surface area contributed by atoms with Gasteiger partial charge in [0.2, 0.25) is 0 Å². The van der Waals surface area contributed by atoms with Crippen molar-refractivity contribution < 1.29 is 31.6 Å². The standard InChI is InChI=1S/C9H9FO6S/c1-15-7-3-2-6(10)4-8(7)17(13,14)16-5-9(11)12/h2-4H,5H2,1H3,(H,11,12). The zero-order valence-corrected chi connectivity index (χ0v) is 9.53. The van der Waals surface area contributed by atoms with Gasteiger partial charge in [-0.25, -0.2) is 9.18 Å². The fourth-order valence-electron chi connectivity index (χ4n) is 1.04. The normalized spacial score (nSPS) is 11.2. The van der Waals surface area contributed by atoms with Crippen molar-refractivity contribution >= 4 is 16.1 Å². The van der Waals surface area contributed by atoms with Crippen molar-refractivity contribution in [1.29, 1.82) is 0 Å². The van der Waals surface area contributed by atoms with Crippen LogP contribution in [0.1, 0.15) is 0 Å². The van der Waals surface area contributed by atoms with Crippen LogP contribution >= 0.6 is 0 Å². The Bertz CT molecular complexity index is 524. The van der Waals surface area contributed by atoms with Gasteiger partial charge in [-0.15, -0.1) is 0 Å². The average Bonchev–Trinajstić information content (AvgIpc) is 2.26. The van der Waals surface area contributed by atoms with Gasteiger partial charge < -0.3 is 9.84 Å². The summed E-state index contributed by atoms with van der Waals surface area (Å²) in [4.78, 5) is 9.65. The minimum absolute atomic E-state index is 0.128. The minimum Gasteiger partial charge on any atom is -0.495 e. The first-order chi connectivity index (χ1) is 7.86. The van der Waals surface area contributed by atoms with E-state index in [-0.39, 0.29) is 5.75 Å². The SMILES string of the molecule is COc1ccc(F)cc1S(=O)(=O)OCC(=O)O. The van der Waals surface area contributed by atoms with Crippen molar-refractivity contribution in [3.05, 3.63) is 24.0 Å². The highest BCUT2D eigenvalue weighted by Gasteiger charge is 2.22. The van der Waals surface area contributed by atoms with Crippen molar-refractivity contribution in [3.8, 4) is 5.75 Å². The minimum atomic E-state index is -4.37. The summed E-state index contributed by atoms with van der Waals surface area (Å²) >= 11 is 0. The third-order valence-corrected chi connectivity index (χ3v) is 3.02. The Morgan fingerprint density at radius 1 is 1.47 bits per heavy atom. The molecule has 0 saturated carbocycles. The van der Waals surface area contributed by atoms with Crippen LogP contribution in [0.4, 0.5) is 4.39 Å². The molecular formula is C9H9FO6S. The molecule has 0 fully saturated rings. The quantitative estimate of drug-likeness (QED) is 0.784. The second-order valence-corrected chi connectivity index (χ2v) is 4.49.